The first kappa shape index (κ1) is 21.2. The lowest BCUT2D eigenvalue weighted by molar-refractivity contribution is 0.302. The molecule has 1 aromatic carbocycles. The van der Waals surface area contributed by atoms with E-state index in [4.69, 9.17) is 12.2 Å². The molecule has 1 saturated heterocycles. The third-order valence-electron chi connectivity index (χ3n) is 6.03. The SMILES string of the molecule is CN(C)c1ccc(-n2cccc2[C@@H]2[C@H](c3ccccn3)NC(=S)N2Cc2ccncc2)cc1. The Kier molecular flexibility index (Phi) is 5.79. The Morgan fingerprint density at radius 3 is 2.42 bits per heavy atom. The van der Waals surface area contributed by atoms with Gasteiger partial charge in [-0.2, -0.15) is 0 Å². The molecule has 7 heteroatoms. The zero-order chi connectivity index (χ0) is 22.8. The van der Waals surface area contributed by atoms with Crippen molar-refractivity contribution >= 4 is 23.0 Å². The van der Waals surface area contributed by atoms with Gasteiger partial charge in [-0.3, -0.25) is 9.97 Å². The first-order valence-electron chi connectivity index (χ1n) is 10.9. The van der Waals surface area contributed by atoms with E-state index in [0.717, 1.165) is 27.8 Å². The Hall–Kier alpha value is -3.71. The summed E-state index contributed by atoms with van der Waals surface area (Å²) in [5.41, 5.74) is 5.57. The third-order valence-corrected chi connectivity index (χ3v) is 6.38. The first-order valence-corrected chi connectivity index (χ1v) is 11.3. The number of nitrogens with zero attached hydrogens (tertiary/aromatic N) is 5. The molecule has 3 aromatic heterocycles. The van der Waals surface area contributed by atoms with Crippen molar-refractivity contribution < 1.29 is 0 Å². The molecule has 0 spiro atoms. The second-order valence-corrected chi connectivity index (χ2v) is 8.71. The summed E-state index contributed by atoms with van der Waals surface area (Å²) in [7, 11) is 4.10. The monoisotopic (exact) mass is 454 g/mol. The van der Waals surface area contributed by atoms with Crippen LogP contribution >= 0.6 is 12.2 Å². The highest BCUT2D eigenvalue weighted by Crippen LogP contribution is 2.40. The van der Waals surface area contributed by atoms with Gasteiger partial charge in [0, 0.05) is 62.5 Å². The molecule has 0 radical (unpaired) electrons. The summed E-state index contributed by atoms with van der Waals surface area (Å²) < 4.78 is 2.25. The van der Waals surface area contributed by atoms with Gasteiger partial charge in [0.25, 0.3) is 0 Å². The van der Waals surface area contributed by atoms with Gasteiger partial charge in [-0.15, -0.1) is 0 Å². The van der Waals surface area contributed by atoms with E-state index in [1.54, 1.807) is 0 Å². The number of anilines is 1. The summed E-state index contributed by atoms with van der Waals surface area (Å²) in [4.78, 5) is 13.2. The Bertz CT molecular complexity index is 1220. The van der Waals surface area contributed by atoms with E-state index < -0.39 is 0 Å². The zero-order valence-electron chi connectivity index (χ0n) is 18.7. The summed E-state index contributed by atoms with van der Waals surface area (Å²) in [5.74, 6) is 0. The standard InChI is InChI=1S/C26H26N6S/c1-30(2)20-8-10-21(11-9-20)31-17-5-7-23(31)25-24(22-6-3-4-14-28-22)29-26(33)32(25)18-19-12-15-27-16-13-19/h3-17,24-25H,18H2,1-2H3,(H,29,33)/t24-,25+/m0/s1. The number of pyridine rings is 2. The minimum absolute atomic E-state index is 0.0240. The number of hydrogen-bond acceptors (Lipinski definition) is 4. The van der Waals surface area contributed by atoms with Crippen LogP contribution in [0.2, 0.25) is 0 Å². The van der Waals surface area contributed by atoms with E-state index in [2.05, 4.69) is 92.4 Å². The molecule has 1 fully saturated rings. The highest BCUT2D eigenvalue weighted by Gasteiger charge is 2.41. The van der Waals surface area contributed by atoms with Gasteiger partial charge in [0.15, 0.2) is 5.11 Å². The number of aromatic nitrogens is 3. The maximum atomic E-state index is 5.83. The summed E-state index contributed by atoms with van der Waals surface area (Å²) in [6.45, 7) is 0.688. The summed E-state index contributed by atoms with van der Waals surface area (Å²) in [5, 5.41) is 4.27. The van der Waals surface area contributed by atoms with Crippen molar-refractivity contribution in [2.75, 3.05) is 19.0 Å². The molecule has 0 amide bonds. The Balaban J connectivity index is 1.57. The van der Waals surface area contributed by atoms with Gasteiger partial charge in [-0.25, -0.2) is 0 Å². The smallest absolute Gasteiger partial charge is 0.170 e. The van der Waals surface area contributed by atoms with E-state index in [0.29, 0.717) is 6.54 Å². The molecule has 0 unspecified atom stereocenters. The first-order chi connectivity index (χ1) is 16.1. The number of benzene rings is 1. The van der Waals surface area contributed by atoms with E-state index in [1.807, 2.05) is 42.9 Å². The van der Waals surface area contributed by atoms with E-state index in [9.17, 15) is 0 Å². The molecule has 0 aliphatic carbocycles. The number of hydrogen-bond donors (Lipinski definition) is 1. The molecule has 4 heterocycles. The highest BCUT2D eigenvalue weighted by molar-refractivity contribution is 7.80. The molecule has 5 rings (SSSR count). The number of rotatable bonds is 6. The molecule has 1 aliphatic heterocycles. The van der Waals surface area contributed by atoms with Gasteiger partial charge in [0.1, 0.15) is 0 Å². The fraction of sp³-hybridized carbons (Fsp3) is 0.192. The second kappa shape index (κ2) is 9.03. The van der Waals surface area contributed by atoms with E-state index in [-0.39, 0.29) is 12.1 Å². The predicted octanol–water partition coefficient (Wildman–Crippen LogP) is 4.51. The third kappa shape index (κ3) is 4.19. The Labute approximate surface area is 199 Å². The van der Waals surface area contributed by atoms with E-state index in [1.165, 1.54) is 5.69 Å². The molecule has 0 saturated carbocycles. The van der Waals surface area contributed by atoms with Crippen molar-refractivity contribution in [1.29, 1.82) is 0 Å². The quantitative estimate of drug-likeness (QED) is 0.433. The molecule has 4 aromatic rings. The average Bonchev–Trinajstić information content (AvgIpc) is 3.45. The molecule has 1 aliphatic rings. The molecular formula is C26H26N6S. The predicted molar refractivity (Wildman–Crippen MR) is 135 cm³/mol. The van der Waals surface area contributed by atoms with Crippen LogP contribution in [0.4, 0.5) is 5.69 Å². The summed E-state index contributed by atoms with van der Waals surface area (Å²) in [6.07, 6.45) is 7.59. The lowest BCUT2D eigenvalue weighted by Gasteiger charge is -2.29. The molecule has 2 atom stereocenters. The largest absolute Gasteiger partial charge is 0.378 e. The van der Waals surface area contributed by atoms with Crippen molar-refractivity contribution in [3.8, 4) is 5.69 Å². The van der Waals surface area contributed by atoms with Crippen LogP contribution in [-0.2, 0) is 6.54 Å². The fourth-order valence-electron chi connectivity index (χ4n) is 4.36. The van der Waals surface area contributed by atoms with Crippen LogP contribution in [-0.4, -0.2) is 38.6 Å². The van der Waals surface area contributed by atoms with Crippen molar-refractivity contribution in [1.82, 2.24) is 24.8 Å². The Morgan fingerprint density at radius 2 is 1.73 bits per heavy atom. The lowest BCUT2D eigenvalue weighted by Crippen LogP contribution is -2.30. The van der Waals surface area contributed by atoms with Gasteiger partial charge in [0.05, 0.1) is 17.8 Å². The second-order valence-electron chi connectivity index (χ2n) is 8.32. The molecule has 166 valence electrons. The van der Waals surface area contributed by atoms with Crippen LogP contribution in [0, 0.1) is 0 Å². The zero-order valence-corrected chi connectivity index (χ0v) is 19.5. The van der Waals surface area contributed by atoms with Crippen LogP contribution in [0.1, 0.15) is 29.0 Å². The van der Waals surface area contributed by atoms with Gasteiger partial charge in [-0.05, 0) is 78.4 Å². The van der Waals surface area contributed by atoms with Gasteiger partial charge >= 0.3 is 0 Å². The van der Waals surface area contributed by atoms with Crippen LogP contribution in [0.3, 0.4) is 0 Å². The van der Waals surface area contributed by atoms with Crippen LogP contribution in [0.5, 0.6) is 0 Å². The Morgan fingerprint density at radius 1 is 0.939 bits per heavy atom. The summed E-state index contributed by atoms with van der Waals surface area (Å²) >= 11 is 5.83. The van der Waals surface area contributed by atoms with Gasteiger partial charge in [0.2, 0.25) is 0 Å². The average molecular weight is 455 g/mol. The van der Waals surface area contributed by atoms with Crippen molar-refractivity contribution in [3.05, 3.63) is 108 Å². The molecule has 1 N–H and O–H groups in total. The van der Waals surface area contributed by atoms with E-state index >= 15 is 0 Å². The van der Waals surface area contributed by atoms with Gasteiger partial charge < -0.3 is 19.7 Å². The normalized spacial score (nSPS) is 17.8. The van der Waals surface area contributed by atoms with Gasteiger partial charge in [-0.1, -0.05) is 6.07 Å². The van der Waals surface area contributed by atoms with Crippen LogP contribution in [0.25, 0.3) is 5.69 Å². The molecule has 6 nitrogen and oxygen atoms in total. The number of nitrogens with one attached hydrogen (secondary N) is 1. The molecule has 0 bridgehead atoms. The maximum Gasteiger partial charge on any atom is 0.170 e. The van der Waals surface area contributed by atoms with Crippen molar-refractivity contribution in [3.63, 3.8) is 0 Å². The number of thiocarbonyl (C=S) groups is 1. The topological polar surface area (TPSA) is 49.2 Å². The minimum Gasteiger partial charge on any atom is -0.378 e. The highest BCUT2D eigenvalue weighted by atomic mass is 32.1. The van der Waals surface area contributed by atoms with Crippen LogP contribution in [0.15, 0.2) is 91.5 Å². The molecule has 33 heavy (non-hydrogen) atoms. The van der Waals surface area contributed by atoms with Crippen LogP contribution < -0.4 is 10.2 Å². The maximum absolute atomic E-state index is 5.83. The van der Waals surface area contributed by atoms with Crippen molar-refractivity contribution in [2.45, 2.75) is 18.6 Å². The van der Waals surface area contributed by atoms with Crippen molar-refractivity contribution in [2.24, 2.45) is 0 Å². The minimum atomic E-state index is -0.0600. The lowest BCUT2D eigenvalue weighted by atomic mass is 10.0. The fourth-order valence-corrected chi connectivity index (χ4v) is 4.67. The molecular weight excluding hydrogens is 428 g/mol. The summed E-state index contributed by atoms with van der Waals surface area (Å²) in [6, 6.07) is 22.9.